The first-order valence-corrected chi connectivity index (χ1v) is 9.57. The Hall–Kier alpha value is -2.50. The lowest BCUT2D eigenvalue weighted by Gasteiger charge is -2.33. The van der Waals surface area contributed by atoms with Crippen molar-refractivity contribution in [1.29, 1.82) is 0 Å². The van der Waals surface area contributed by atoms with Gasteiger partial charge in [0, 0.05) is 25.9 Å². The molecule has 146 valence electrons. The number of nitrogens with zero attached hydrogens (tertiary/aromatic N) is 4. The minimum absolute atomic E-state index is 0.115. The highest BCUT2D eigenvalue weighted by atomic mass is 32.2. The number of ether oxygens (including phenoxy) is 1. The summed E-state index contributed by atoms with van der Waals surface area (Å²) >= 11 is 0. The van der Waals surface area contributed by atoms with Crippen LogP contribution in [0.25, 0.3) is 0 Å². The number of fused-ring (bicyclic) bond motifs is 1. The van der Waals surface area contributed by atoms with Crippen molar-refractivity contribution in [2.75, 3.05) is 21.2 Å². The average molecular weight is 396 g/mol. The minimum Gasteiger partial charge on any atom is -0.490 e. The molecule has 3 rings (SSSR count). The van der Waals surface area contributed by atoms with Crippen LogP contribution in [0.4, 0.5) is 5.69 Å². The van der Waals surface area contributed by atoms with Crippen LogP contribution in [-0.4, -0.2) is 52.9 Å². The van der Waals surface area contributed by atoms with Crippen LogP contribution in [0.3, 0.4) is 0 Å². The summed E-state index contributed by atoms with van der Waals surface area (Å²) in [7, 11) is 0.330. The fraction of sp³-hybridized carbons (Fsp3) is 0.438. The van der Waals surface area contributed by atoms with E-state index in [2.05, 4.69) is 4.98 Å². The maximum atomic E-state index is 12.3. The van der Waals surface area contributed by atoms with Crippen molar-refractivity contribution >= 4 is 15.9 Å². The molecule has 2 aromatic rings. The Morgan fingerprint density at radius 2 is 2.11 bits per heavy atom. The lowest BCUT2D eigenvalue weighted by Crippen LogP contribution is -2.33. The fourth-order valence-electron chi connectivity index (χ4n) is 3.38. The molecule has 0 aliphatic heterocycles. The van der Waals surface area contributed by atoms with Gasteiger partial charge in [-0.2, -0.15) is 12.7 Å². The number of methoxy groups -OCH3 is 1. The van der Waals surface area contributed by atoms with Gasteiger partial charge in [0.1, 0.15) is 11.9 Å². The molecule has 0 saturated heterocycles. The van der Waals surface area contributed by atoms with E-state index in [1.54, 1.807) is 6.07 Å². The topological polar surface area (TPSA) is 128 Å². The molecule has 1 aliphatic rings. The Morgan fingerprint density at radius 3 is 2.70 bits per heavy atom. The quantitative estimate of drug-likeness (QED) is 0.590. The molecule has 0 fully saturated rings. The standard InChI is InChI=1S/C16H20N4O6S/c1-18(2)27(24,25)19-9-14(17-10-19)16(21)8-4-5-11-12(16)6-7-13(26-3)15(11)20(22)23/h6-7,9-10,21H,4-5,8H2,1-3H3. The zero-order chi connectivity index (χ0) is 20.0. The van der Waals surface area contributed by atoms with Gasteiger partial charge in [-0.05, 0) is 30.9 Å². The third-order valence-electron chi connectivity index (χ3n) is 4.77. The molecule has 0 radical (unpaired) electrons. The van der Waals surface area contributed by atoms with Crippen molar-refractivity contribution < 1.29 is 23.2 Å². The van der Waals surface area contributed by atoms with Gasteiger partial charge in [0.05, 0.1) is 17.7 Å². The molecule has 1 aliphatic carbocycles. The Labute approximate surface area is 156 Å². The minimum atomic E-state index is -3.78. The molecule has 27 heavy (non-hydrogen) atoms. The molecular weight excluding hydrogens is 376 g/mol. The number of aliphatic hydroxyl groups is 1. The molecule has 0 bridgehead atoms. The smallest absolute Gasteiger partial charge is 0.314 e. The highest BCUT2D eigenvalue weighted by Gasteiger charge is 2.42. The summed E-state index contributed by atoms with van der Waals surface area (Å²) in [6.07, 6.45) is 3.49. The third kappa shape index (κ3) is 2.97. The molecule has 0 spiro atoms. The normalized spacial score (nSPS) is 19.7. The number of nitro benzene ring substituents is 1. The van der Waals surface area contributed by atoms with E-state index in [9.17, 15) is 23.6 Å². The van der Waals surface area contributed by atoms with E-state index >= 15 is 0 Å². The van der Waals surface area contributed by atoms with Crippen molar-refractivity contribution in [2.24, 2.45) is 0 Å². The number of hydrogen-bond donors (Lipinski definition) is 1. The van der Waals surface area contributed by atoms with Gasteiger partial charge < -0.3 is 9.84 Å². The highest BCUT2D eigenvalue weighted by Crippen LogP contribution is 2.45. The Kier molecular flexibility index (Phi) is 4.70. The van der Waals surface area contributed by atoms with Gasteiger partial charge >= 0.3 is 15.9 Å². The Balaban J connectivity index is 2.17. The van der Waals surface area contributed by atoms with Gasteiger partial charge in [-0.15, -0.1) is 0 Å². The summed E-state index contributed by atoms with van der Waals surface area (Å²) in [5.74, 6) is 0.115. The van der Waals surface area contributed by atoms with Crippen molar-refractivity contribution in [3.63, 3.8) is 0 Å². The van der Waals surface area contributed by atoms with E-state index in [1.807, 2.05) is 0 Å². The van der Waals surface area contributed by atoms with Crippen LogP contribution >= 0.6 is 0 Å². The summed E-state index contributed by atoms with van der Waals surface area (Å²) in [6, 6.07) is 3.00. The molecule has 0 amide bonds. The van der Waals surface area contributed by atoms with Gasteiger partial charge in [0.25, 0.3) is 0 Å². The first-order valence-electron chi connectivity index (χ1n) is 8.17. The number of hydrogen-bond acceptors (Lipinski definition) is 7. The van der Waals surface area contributed by atoms with E-state index in [4.69, 9.17) is 4.74 Å². The summed E-state index contributed by atoms with van der Waals surface area (Å²) in [4.78, 5) is 15.1. The number of imidazole rings is 1. The van der Waals surface area contributed by atoms with Crippen LogP contribution in [0.5, 0.6) is 5.75 Å². The van der Waals surface area contributed by atoms with Crippen molar-refractivity contribution in [2.45, 2.75) is 24.9 Å². The molecule has 1 aromatic carbocycles. The van der Waals surface area contributed by atoms with Crippen molar-refractivity contribution in [3.05, 3.63) is 51.6 Å². The van der Waals surface area contributed by atoms with E-state index in [1.165, 1.54) is 33.5 Å². The molecule has 1 aromatic heterocycles. The second kappa shape index (κ2) is 6.59. The van der Waals surface area contributed by atoms with Crippen LogP contribution in [0.1, 0.15) is 29.7 Å². The van der Waals surface area contributed by atoms with Gasteiger partial charge in [0.2, 0.25) is 0 Å². The number of rotatable bonds is 5. The third-order valence-corrected chi connectivity index (χ3v) is 6.43. The lowest BCUT2D eigenvalue weighted by molar-refractivity contribution is -0.386. The molecule has 1 heterocycles. The van der Waals surface area contributed by atoms with Crippen molar-refractivity contribution in [3.8, 4) is 5.75 Å². The molecule has 11 heteroatoms. The van der Waals surface area contributed by atoms with Gasteiger partial charge in [-0.1, -0.05) is 6.07 Å². The summed E-state index contributed by atoms with van der Waals surface area (Å²) < 4.78 is 31.6. The summed E-state index contributed by atoms with van der Waals surface area (Å²) in [6.45, 7) is 0. The fourth-order valence-corrected chi connectivity index (χ4v) is 4.15. The maximum Gasteiger partial charge on any atom is 0.314 e. The van der Waals surface area contributed by atoms with Crippen LogP contribution in [0, 0.1) is 10.1 Å². The second-order valence-electron chi connectivity index (χ2n) is 6.49. The molecule has 1 N–H and O–H groups in total. The van der Waals surface area contributed by atoms with Gasteiger partial charge in [-0.25, -0.2) is 8.96 Å². The first-order chi connectivity index (χ1) is 12.6. The number of nitro groups is 1. The number of benzene rings is 1. The monoisotopic (exact) mass is 396 g/mol. The Morgan fingerprint density at radius 1 is 1.41 bits per heavy atom. The van der Waals surface area contributed by atoms with Crippen molar-refractivity contribution in [1.82, 2.24) is 13.3 Å². The molecule has 1 unspecified atom stereocenters. The van der Waals surface area contributed by atoms with E-state index in [0.717, 1.165) is 14.6 Å². The Bertz CT molecular complexity index is 1000. The SMILES string of the molecule is COc1ccc2c(c1[N+](=O)[O-])CCCC2(O)c1cn(S(=O)(=O)N(C)C)cn1. The summed E-state index contributed by atoms with van der Waals surface area (Å²) in [5.41, 5.74) is -0.980. The van der Waals surface area contributed by atoms with Crippen LogP contribution in [0.2, 0.25) is 0 Å². The van der Waals surface area contributed by atoms with Crippen LogP contribution in [0.15, 0.2) is 24.7 Å². The highest BCUT2D eigenvalue weighted by molar-refractivity contribution is 7.87. The predicted molar refractivity (Wildman–Crippen MR) is 95.8 cm³/mol. The molecule has 10 nitrogen and oxygen atoms in total. The van der Waals surface area contributed by atoms with Crippen LogP contribution < -0.4 is 4.74 Å². The van der Waals surface area contributed by atoms with E-state index in [0.29, 0.717) is 24.0 Å². The molecule has 1 atom stereocenters. The van der Waals surface area contributed by atoms with Gasteiger partial charge in [-0.3, -0.25) is 10.1 Å². The van der Waals surface area contributed by atoms with Crippen LogP contribution in [-0.2, 0) is 22.2 Å². The zero-order valence-electron chi connectivity index (χ0n) is 15.1. The van der Waals surface area contributed by atoms with Gasteiger partial charge in [0.15, 0.2) is 5.75 Å². The zero-order valence-corrected chi connectivity index (χ0v) is 15.9. The predicted octanol–water partition coefficient (Wildman–Crippen LogP) is 1.03. The summed E-state index contributed by atoms with van der Waals surface area (Å²) in [5, 5.41) is 22.9. The van der Waals surface area contributed by atoms with E-state index in [-0.39, 0.29) is 23.6 Å². The van der Waals surface area contributed by atoms with E-state index < -0.39 is 20.7 Å². The molecule has 0 saturated carbocycles. The lowest BCUT2D eigenvalue weighted by atomic mass is 9.76. The maximum absolute atomic E-state index is 12.3. The second-order valence-corrected chi connectivity index (χ2v) is 8.54. The number of aromatic nitrogens is 2. The average Bonchev–Trinajstić information content (AvgIpc) is 3.12. The first kappa shape index (κ1) is 19.3. The largest absolute Gasteiger partial charge is 0.490 e. The molecular formula is C16H20N4O6S.